The molecule has 18 heavy (non-hydrogen) atoms. The molecule has 6 heteroatoms. The fourth-order valence-corrected chi connectivity index (χ4v) is 2.42. The highest BCUT2D eigenvalue weighted by Gasteiger charge is 2.08. The molecule has 2 aromatic heterocycles. The molecule has 0 aliphatic rings. The van der Waals surface area contributed by atoms with Crippen LogP contribution in [0.3, 0.4) is 0 Å². The quantitative estimate of drug-likeness (QED) is 0.894. The summed E-state index contributed by atoms with van der Waals surface area (Å²) in [5.41, 5.74) is 1.23. The number of aryl methyl sites for hydroxylation is 1. The normalized spacial score (nSPS) is 12.6. The Morgan fingerprint density at radius 2 is 2.28 bits per heavy atom. The topological polar surface area (TPSA) is 55.6 Å². The first-order valence-corrected chi connectivity index (χ1v) is 6.73. The summed E-state index contributed by atoms with van der Waals surface area (Å²) in [4.78, 5) is 8.53. The monoisotopic (exact) mass is 263 g/mol. The zero-order valence-electron chi connectivity index (χ0n) is 10.8. The van der Waals surface area contributed by atoms with Crippen molar-refractivity contribution in [2.45, 2.75) is 30.1 Å². The molecule has 2 rings (SSSR count). The van der Waals surface area contributed by atoms with Gasteiger partial charge in [0.25, 0.3) is 0 Å². The van der Waals surface area contributed by atoms with Gasteiger partial charge >= 0.3 is 0 Å². The molecule has 0 saturated heterocycles. The van der Waals surface area contributed by atoms with Crippen LogP contribution < -0.4 is 5.32 Å². The molecule has 96 valence electrons. The molecule has 0 aliphatic carbocycles. The predicted molar refractivity (Wildman–Crippen MR) is 71.5 cm³/mol. The zero-order chi connectivity index (χ0) is 13.0. The summed E-state index contributed by atoms with van der Waals surface area (Å²) in [6.07, 6.45) is 3.38. The first-order chi connectivity index (χ1) is 8.70. The minimum atomic E-state index is 0.330. The Bertz CT molecular complexity index is 511. The number of rotatable bonds is 5. The summed E-state index contributed by atoms with van der Waals surface area (Å²) >= 11 is 1.52. The van der Waals surface area contributed by atoms with Crippen molar-refractivity contribution in [3.63, 3.8) is 0 Å². The maximum absolute atomic E-state index is 4.35. The van der Waals surface area contributed by atoms with Gasteiger partial charge in [-0.15, -0.1) is 0 Å². The third kappa shape index (κ3) is 3.08. The van der Waals surface area contributed by atoms with E-state index in [2.05, 4.69) is 40.3 Å². The minimum absolute atomic E-state index is 0.330. The van der Waals surface area contributed by atoms with Crippen molar-refractivity contribution < 1.29 is 0 Å². The van der Waals surface area contributed by atoms with Gasteiger partial charge in [-0.3, -0.25) is 0 Å². The Morgan fingerprint density at radius 1 is 1.44 bits per heavy atom. The number of aromatic nitrogens is 4. The molecule has 0 radical (unpaired) electrons. The van der Waals surface area contributed by atoms with Crippen LogP contribution in [0.15, 0.2) is 34.8 Å². The van der Waals surface area contributed by atoms with Gasteiger partial charge in [-0.2, -0.15) is 5.10 Å². The molecule has 2 aromatic rings. The van der Waals surface area contributed by atoms with Gasteiger partial charge in [-0.05, 0) is 42.9 Å². The molecule has 0 aliphatic heterocycles. The summed E-state index contributed by atoms with van der Waals surface area (Å²) in [7, 11) is 1.88. The number of nitrogens with one attached hydrogen (secondary N) is 1. The number of hydrogen-bond acceptors (Lipinski definition) is 5. The zero-order valence-corrected chi connectivity index (χ0v) is 11.6. The molecule has 2 heterocycles. The third-order valence-electron chi connectivity index (χ3n) is 2.63. The van der Waals surface area contributed by atoms with E-state index in [1.54, 1.807) is 11.0 Å². The average molecular weight is 263 g/mol. The van der Waals surface area contributed by atoms with E-state index in [1.807, 2.05) is 19.3 Å². The summed E-state index contributed by atoms with van der Waals surface area (Å²) < 4.78 is 1.74. The van der Waals surface area contributed by atoms with Crippen molar-refractivity contribution in [1.82, 2.24) is 25.1 Å². The Labute approximate surface area is 111 Å². The molecule has 0 spiro atoms. The van der Waals surface area contributed by atoms with Crippen molar-refractivity contribution >= 4 is 11.8 Å². The van der Waals surface area contributed by atoms with Gasteiger partial charge in [-0.1, -0.05) is 6.92 Å². The van der Waals surface area contributed by atoms with Gasteiger partial charge in [0.05, 0.1) is 0 Å². The van der Waals surface area contributed by atoms with Gasteiger partial charge in [0.15, 0.2) is 5.16 Å². The van der Waals surface area contributed by atoms with E-state index in [1.165, 1.54) is 17.3 Å². The van der Waals surface area contributed by atoms with E-state index < -0.39 is 0 Å². The molecule has 0 saturated carbocycles. The van der Waals surface area contributed by atoms with Crippen LogP contribution >= 0.6 is 11.8 Å². The molecule has 0 amide bonds. The third-order valence-corrected chi connectivity index (χ3v) is 3.62. The van der Waals surface area contributed by atoms with E-state index >= 15 is 0 Å². The molecule has 1 atom stereocenters. The van der Waals surface area contributed by atoms with Crippen molar-refractivity contribution in [3.8, 4) is 0 Å². The molecule has 0 fully saturated rings. The number of nitrogens with zero attached hydrogens (tertiary/aromatic N) is 4. The van der Waals surface area contributed by atoms with Crippen LogP contribution in [0.25, 0.3) is 0 Å². The standard InChI is InChI=1S/C12H17N5S/c1-4-13-9(2)10-5-6-14-11(7-10)18-12-15-8-16-17(12)3/h5-9,13H,4H2,1-3H3. The SMILES string of the molecule is CCNC(C)c1ccnc(Sc2ncnn2C)c1. The van der Waals surface area contributed by atoms with Crippen LogP contribution in [0.4, 0.5) is 0 Å². The van der Waals surface area contributed by atoms with Gasteiger partial charge < -0.3 is 5.32 Å². The average Bonchev–Trinajstić information content (AvgIpc) is 2.76. The summed E-state index contributed by atoms with van der Waals surface area (Å²) in [6, 6.07) is 4.46. The maximum Gasteiger partial charge on any atom is 0.192 e. The lowest BCUT2D eigenvalue weighted by atomic mass is 10.1. The van der Waals surface area contributed by atoms with Crippen LogP contribution in [-0.4, -0.2) is 26.3 Å². The Balaban J connectivity index is 2.15. The number of pyridine rings is 1. The molecule has 0 aromatic carbocycles. The summed E-state index contributed by atoms with van der Waals surface area (Å²) in [5.74, 6) is 0. The second kappa shape index (κ2) is 5.97. The largest absolute Gasteiger partial charge is 0.310 e. The predicted octanol–water partition coefficient (Wildman–Crippen LogP) is 2.03. The fraction of sp³-hybridized carbons (Fsp3) is 0.417. The molecular weight excluding hydrogens is 246 g/mol. The van der Waals surface area contributed by atoms with E-state index in [4.69, 9.17) is 0 Å². The lowest BCUT2D eigenvalue weighted by molar-refractivity contribution is 0.595. The first-order valence-electron chi connectivity index (χ1n) is 5.92. The molecule has 1 unspecified atom stereocenters. The van der Waals surface area contributed by atoms with E-state index in [0.29, 0.717) is 6.04 Å². The van der Waals surface area contributed by atoms with Gasteiger partial charge in [0, 0.05) is 19.3 Å². The van der Waals surface area contributed by atoms with Gasteiger partial charge in [0.1, 0.15) is 11.4 Å². The summed E-state index contributed by atoms with van der Waals surface area (Å²) in [5, 5.41) is 9.21. The van der Waals surface area contributed by atoms with E-state index in [-0.39, 0.29) is 0 Å². The van der Waals surface area contributed by atoms with Crippen molar-refractivity contribution in [2.75, 3.05) is 6.54 Å². The second-order valence-corrected chi connectivity index (χ2v) is 4.96. The van der Waals surface area contributed by atoms with E-state index in [0.717, 1.165) is 16.7 Å². The van der Waals surface area contributed by atoms with Crippen molar-refractivity contribution in [3.05, 3.63) is 30.2 Å². The van der Waals surface area contributed by atoms with Crippen molar-refractivity contribution in [2.24, 2.45) is 7.05 Å². The van der Waals surface area contributed by atoms with Crippen LogP contribution in [0, 0.1) is 0 Å². The Hall–Kier alpha value is -1.40. The fourth-order valence-electron chi connectivity index (χ4n) is 1.65. The van der Waals surface area contributed by atoms with Gasteiger partial charge in [0.2, 0.25) is 0 Å². The summed E-state index contributed by atoms with van der Waals surface area (Å²) in [6.45, 7) is 5.21. The maximum atomic E-state index is 4.35. The lowest BCUT2D eigenvalue weighted by Gasteiger charge is -2.13. The molecule has 0 bridgehead atoms. The molecular formula is C12H17N5S. The smallest absolute Gasteiger partial charge is 0.192 e. The molecule has 5 nitrogen and oxygen atoms in total. The second-order valence-electron chi connectivity index (χ2n) is 3.98. The minimum Gasteiger partial charge on any atom is -0.310 e. The highest BCUT2D eigenvalue weighted by Crippen LogP contribution is 2.25. The first kappa shape index (κ1) is 13.0. The van der Waals surface area contributed by atoms with Crippen LogP contribution in [0.5, 0.6) is 0 Å². The molecule has 1 N–H and O–H groups in total. The van der Waals surface area contributed by atoms with Crippen LogP contribution in [0.1, 0.15) is 25.5 Å². The van der Waals surface area contributed by atoms with E-state index in [9.17, 15) is 0 Å². The Kier molecular flexibility index (Phi) is 4.33. The highest BCUT2D eigenvalue weighted by molar-refractivity contribution is 7.99. The van der Waals surface area contributed by atoms with Crippen molar-refractivity contribution in [1.29, 1.82) is 0 Å². The van der Waals surface area contributed by atoms with Gasteiger partial charge in [-0.25, -0.2) is 14.6 Å². The lowest BCUT2D eigenvalue weighted by Crippen LogP contribution is -2.17. The number of hydrogen-bond donors (Lipinski definition) is 1. The highest BCUT2D eigenvalue weighted by atomic mass is 32.2. The Morgan fingerprint density at radius 3 is 2.94 bits per heavy atom. The van der Waals surface area contributed by atoms with Crippen LogP contribution in [0.2, 0.25) is 0 Å². The van der Waals surface area contributed by atoms with Crippen LogP contribution in [-0.2, 0) is 7.05 Å².